The summed E-state index contributed by atoms with van der Waals surface area (Å²) in [7, 11) is 0. The first-order valence-corrected chi connectivity index (χ1v) is 10.2. The van der Waals surface area contributed by atoms with Crippen LogP contribution in [-0.4, -0.2) is 18.5 Å². The van der Waals surface area contributed by atoms with Gasteiger partial charge in [0.1, 0.15) is 6.61 Å². The van der Waals surface area contributed by atoms with E-state index in [0.717, 1.165) is 5.56 Å². The first-order valence-electron chi connectivity index (χ1n) is 9.43. The SMILES string of the molecule is CCOc1cc(/C=C2\N=C(c3ccco3)OC2=O)cc(Cl)c1OCc1ccc(Cl)cc1. The van der Waals surface area contributed by atoms with E-state index in [4.69, 9.17) is 41.8 Å². The molecule has 0 N–H and O–H groups in total. The van der Waals surface area contributed by atoms with Crippen molar-refractivity contribution in [2.75, 3.05) is 6.61 Å². The third-order valence-electron chi connectivity index (χ3n) is 4.28. The minimum atomic E-state index is -0.580. The number of aliphatic imine (C=N–C) groups is 1. The van der Waals surface area contributed by atoms with Gasteiger partial charge in [0.15, 0.2) is 23.0 Å². The van der Waals surface area contributed by atoms with Gasteiger partial charge in [0.2, 0.25) is 0 Å². The van der Waals surface area contributed by atoms with Crippen molar-refractivity contribution in [1.82, 2.24) is 0 Å². The summed E-state index contributed by atoms with van der Waals surface area (Å²) >= 11 is 12.4. The molecule has 0 bridgehead atoms. The van der Waals surface area contributed by atoms with Crippen molar-refractivity contribution in [1.29, 1.82) is 0 Å². The van der Waals surface area contributed by atoms with E-state index in [2.05, 4.69) is 4.99 Å². The van der Waals surface area contributed by atoms with Crippen LogP contribution < -0.4 is 9.47 Å². The lowest BCUT2D eigenvalue weighted by molar-refractivity contribution is -0.130. The number of halogens is 2. The van der Waals surface area contributed by atoms with Gasteiger partial charge in [-0.15, -0.1) is 0 Å². The molecular formula is C23H17Cl2NO5. The van der Waals surface area contributed by atoms with Crippen LogP contribution in [0.3, 0.4) is 0 Å². The van der Waals surface area contributed by atoms with Crippen molar-refractivity contribution >= 4 is 41.1 Å². The molecule has 4 rings (SSSR count). The van der Waals surface area contributed by atoms with E-state index < -0.39 is 5.97 Å². The van der Waals surface area contributed by atoms with Gasteiger partial charge in [-0.3, -0.25) is 0 Å². The highest BCUT2D eigenvalue weighted by Gasteiger charge is 2.26. The van der Waals surface area contributed by atoms with Crippen LogP contribution in [0.2, 0.25) is 10.0 Å². The fourth-order valence-corrected chi connectivity index (χ4v) is 3.28. The van der Waals surface area contributed by atoms with Crippen molar-refractivity contribution in [3.05, 3.63) is 87.4 Å². The molecule has 1 aliphatic heterocycles. The molecule has 3 aromatic rings. The number of hydrogen-bond donors (Lipinski definition) is 0. The van der Waals surface area contributed by atoms with Crippen LogP contribution >= 0.6 is 23.2 Å². The Bertz CT molecular complexity index is 1150. The number of carbonyl (C=O) groups is 1. The lowest BCUT2D eigenvalue weighted by atomic mass is 10.1. The number of nitrogens with zero attached hydrogens (tertiary/aromatic N) is 1. The van der Waals surface area contributed by atoms with Gasteiger partial charge in [-0.1, -0.05) is 35.3 Å². The van der Waals surface area contributed by atoms with E-state index in [1.165, 1.54) is 6.26 Å². The zero-order chi connectivity index (χ0) is 21.8. The van der Waals surface area contributed by atoms with Crippen LogP contribution in [0.15, 0.2) is 69.9 Å². The van der Waals surface area contributed by atoms with Crippen LogP contribution in [0.5, 0.6) is 11.5 Å². The van der Waals surface area contributed by atoms with E-state index >= 15 is 0 Å². The molecule has 158 valence electrons. The maximum atomic E-state index is 12.2. The molecule has 2 heterocycles. The summed E-state index contributed by atoms with van der Waals surface area (Å²) in [6.07, 6.45) is 3.04. The number of rotatable bonds is 7. The molecule has 0 atom stereocenters. The van der Waals surface area contributed by atoms with E-state index in [1.54, 1.807) is 42.5 Å². The Morgan fingerprint density at radius 1 is 1.10 bits per heavy atom. The molecule has 0 amide bonds. The molecule has 2 aromatic carbocycles. The molecule has 0 aliphatic carbocycles. The van der Waals surface area contributed by atoms with Crippen molar-refractivity contribution in [3.63, 3.8) is 0 Å². The van der Waals surface area contributed by atoms with Gasteiger partial charge in [0.05, 0.1) is 17.9 Å². The second-order valence-electron chi connectivity index (χ2n) is 6.49. The molecule has 8 heteroatoms. The molecule has 1 aliphatic rings. The Balaban J connectivity index is 1.60. The smallest absolute Gasteiger partial charge is 0.363 e. The van der Waals surface area contributed by atoms with Crippen LogP contribution in [0.1, 0.15) is 23.8 Å². The monoisotopic (exact) mass is 457 g/mol. The quantitative estimate of drug-likeness (QED) is 0.325. The van der Waals surface area contributed by atoms with Gasteiger partial charge in [0, 0.05) is 5.02 Å². The summed E-state index contributed by atoms with van der Waals surface area (Å²) in [5.41, 5.74) is 1.67. The number of esters is 1. The standard InChI is InChI=1S/C23H17Cl2NO5/c1-2-28-20-12-15(11-18-23(27)31-22(26-18)19-4-3-9-29-19)10-17(25)21(20)30-13-14-5-7-16(24)8-6-14/h3-12H,2,13H2,1H3/b18-11-. The molecule has 0 radical (unpaired) electrons. The summed E-state index contributed by atoms with van der Waals surface area (Å²) in [5, 5.41) is 0.992. The van der Waals surface area contributed by atoms with Gasteiger partial charge in [-0.05, 0) is 60.5 Å². The van der Waals surface area contributed by atoms with Crippen molar-refractivity contribution in [3.8, 4) is 11.5 Å². The maximum Gasteiger partial charge on any atom is 0.363 e. The lowest BCUT2D eigenvalue weighted by Crippen LogP contribution is -2.04. The van der Waals surface area contributed by atoms with Crippen LogP contribution in [0.4, 0.5) is 0 Å². The normalized spacial score (nSPS) is 14.5. The van der Waals surface area contributed by atoms with Crippen molar-refractivity contribution < 1.29 is 23.4 Å². The number of benzene rings is 2. The van der Waals surface area contributed by atoms with Gasteiger partial charge in [-0.2, -0.15) is 0 Å². The fraction of sp³-hybridized carbons (Fsp3) is 0.130. The maximum absolute atomic E-state index is 12.2. The summed E-state index contributed by atoms with van der Waals surface area (Å²) in [6.45, 7) is 2.56. The molecule has 0 saturated carbocycles. The predicted molar refractivity (Wildman–Crippen MR) is 118 cm³/mol. The van der Waals surface area contributed by atoms with E-state index in [-0.39, 0.29) is 11.6 Å². The zero-order valence-electron chi connectivity index (χ0n) is 16.4. The summed E-state index contributed by atoms with van der Waals surface area (Å²) < 4.78 is 22.0. The number of ether oxygens (including phenoxy) is 3. The largest absolute Gasteiger partial charge is 0.490 e. The van der Waals surface area contributed by atoms with Crippen LogP contribution in [0.25, 0.3) is 6.08 Å². The van der Waals surface area contributed by atoms with Gasteiger partial charge >= 0.3 is 5.97 Å². The highest BCUT2D eigenvalue weighted by atomic mass is 35.5. The van der Waals surface area contributed by atoms with E-state index in [1.807, 2.05) is 19.1 Å². The van der Waals surface area contributed by atoms with Gasteiger partial charge < -0.3 is 18.6 Å². The highest BCUT2D eigenvalue weighted by Crippen LogP contribution is 2.38. The van der Waals surface area contributed by atoms with E-state index in [0.29, 0.717) is 46.1 Å². The van der Waals surface area contributed by atoms with Crippen molar-refractivity contribution in [2.45, 2.75) is 13.5 Å². The minimum Gasteiger partial charge on any atom is -0.490 e. The van der Waals surface area contributed by atoms with Crippen LogP contribution in [0, 0.1) is 0 Å². The fourth-order valence-electron chi connectivity index (χ4n) is 2.88. The topological polar surface area (TPSA) is 70.3 Å². The molecule has 0 spiro atoms. The Hall–Kier alpha value is -3.22. The summed E-state index contributed by atoms with van der Waals surface area (Å²) in [4.78, 5) is 16.4. The Morgan fingerprint density at radius 3 is 2.61 bits per heavy atom. The number of furan rings is 1. The second-order valence-corrected chi connectivity index (χ2v) is 7.34. The molecular weight excluding hydrogens is 441 g/mol. The number of carbonyl (C=O) groups excluding carboxylic acids is 1. The molecule has 1 aromatic heterocycles. The average molecular weight is 458 g/mol. The first kappa shape index (κ1) is 21.0. The number of cyclic esters (lactones) is 1. The van der Waals surface area contributed by atoms with E-state index in [9.17, 15) is 4.79 Å². The molecule has 0 fully saturated rings. The lowest BCUT2D eigenvalue weighted by Gasteiger charge is -2.14. The second kappa shape index (κ2) is 9.29. The first-order chi connectivity index (χ1) is 15.0. The van der Waals surface area contributed by atoms with Gasteiger partial charge in [-0.25, -0.2) is 9.79 Å². The molecule has 0 saturated heterocycles. The average Bonchev–Trinajstić information content (AvgIpc) is 3.39. The zero-order valence-corrected chi connectivity index (χ0v) is 17.9. The third kappa shape index (κ3) is 4.93. The predicted octanol–water partition coefficient (Wildman–Crippen LogP) is 5.91. The summed E-state index contributed by atoms with van der Waals surface area (Å²) in [6, 6.07) is 14.1. The van der Waals surface area contributed by atoms with Crippen LogP contribution in [-0.2, 0) is 16.1 Å². The minimum absolute atomic E-state index is 0.111. The molecule has 6 nitrogen and oxygen atoms in total. The highest BCUT2D eigenvalue weighted by molar-refractivity contribution is 6.32. The van der Waals surface area contributed by atoms with Gasteiger partial charge in [0.25, 0.3) is 5.90 Å². The molecule has 0 unspecified atom stereocenters. The summed E-state index contributed by atoms with van der Waals surface area (Å²) in [5.74, 6) is 0.770. The Kier molecular flexibility index (Phi) is 6.30. The van der Waals surface area contributed by atoms with Crippen molar-refractivity contribution in [2.24, 2.45) is 4.99 Å². The third-order valence-corrected chi connectivity index (χ3v) is 4.82. The number of hydrogen-bond acceptors (Lipinski definition) is 6. The Labute approximate surface area is 188 Å². The molecule has 31 heavy (non-hydrogen) atoms. The Morgan fingerprint density at radius 2 is 1.90 bits per heavy atom.